The number of hydrogen-bond acceptors (Lipinski definition) is 8. The van der Waals surface area contributed by atoms with Crippen LogP contribution >= 0.6 is 0 Å². The molecule has 10 rings (SSSR count). The Morgan fingerprint density at radius 1 is 0.660 bits per heavy atom. The van der Waals surface area contributed by atoms with Crippen LogP contribution in [0.15, 0.2) is 36.4 Å². The van der Waals surface area contributed by atoms with Gasteiger partial charge in [-0.3, -0.25) is 9.59 Å². The van der Waals surface area contributed by atoms with E-state index in [1.54, 1.807) is 24.3 Å². The maximum atomic E-state index is 12.9. The quantitative estimate of drug-likeness (QED) is 0.194. The van der Waals surface area contributed by atoms with E-state index in [-0.39, 0.29) is 13.2 Å². The van der Waals surface area contributed by atoms with Gasteiger partial charge in [0.2, 0.25) is 0 Å². The molecule has 0 heterocycles. The lowest BCUT2D eigenvalue weighted by molar-refractivity contribution is -0.174. The largest absolute Gasteiger partial charge is 0.481 e. The lowest BCUT2D eigenvalue weighted by Crippen LogP contribution is -2.45. The van der Waals surface area contributed by atoms with Crippen molar-refractivity contribution in [3.05, 3.63) is 58.7 Å². The molecule has 0 radical (unpaired) electrons. The van der Waals surface area contributed by atoms with Crippen molar-refractivity contribution in [3.8, 4) is 11.5 Å². The van der Waals surface area contributed by atoms with Gasteiger partial charge in [0.1, 0.15) is 22.7 Å². The minimum Gasteiger partial charge on any atom is -0.481 e. The summed E-state index contributed by atoms with van der Waals surface area (Å²) in [4.78, 5) is 49.6. The van der Waals surface area contributed by atoms with Crippen molar-refractivity contribution >= 4 is 24.5 Å². The smallest absolute Gasteiger partial charge is 0.344 e. The van der Waals surface area contributed by atoms with E-state index in [2.05, 4.69) is 13.8 Å². The van der Waals surface area contributed by atoms with E-state index in [1.165, 1.54) is 12.8 Å². The van der Waals surface area contributed by atoms with E-state index < -0.39 is 23.1 Å². The third-order valence-corrected chi connectivity index (χ3v) is 13.3. The Morgan fingerprint density at radius 3 is 1.51 bits per heavy atom. The molecule has 8 nitrogen and oxygen atoms in total. The molecule has 0 spiro atoms. The number of ether oxygens (including phenoxy) is 4. The fraction of sp³-hybridized carbons (Fsp3) is 0.590. The first-order valence-corrected chi connectivity index (χ1v) is 17.5. The van der Waals surface area contributed by atoms with Gasteiger partial charge in [0.05, 0.1) is 11.1 Å². The van der Waals surface area contributed by atoms with Crippen molar-refractivity contribution in [3.63, 3.8) is 0 Å². The van der Waals surface area contributed by atoms with Gasteiger partial charge in [0.15, 0.2) is 25.8 Å². The number of esters is 2. The molecule has 8 heteroatoms. The summed E-state index contributed by atoms with van der Waals surface area (Å²) >= 11 is 0. The lowest BCUT2D eigenvalue weighted by atomic mass is 9.73. The van der Waals surface area contributed by atoms with Gasteiger partial charge in [-0.2, -0.15) is 0 Å². The molecular weight excluding hydrogens is 596 g/mol. The van der Waals surface area contributed by atoms with E-state index in [0.717, 1.165) is 74.1 Å². The third-order valence-electron chi connectivity index (χ3n) is 13.3. The van der Waals surface area contributed by atoms with E-state index in [0.29, 0.717) is 64.6 Å². The molecule has 0 aromatic heterocycles. The van der Waals surface area contributed by atoms with Crippen molar-refractivity contribution in [1.29, 1.82) is 0 Å². The molecule has 0 N–H and O–H groups in total. The number of hydrogen-bond donors (Lipinski definition) is 0. The molecule has 10 atom stereocenters. The molecule has 2 aromatic rings. The summed E-state index contributed by atoms with van der Waals surface area (Å²) in [5, 5.41) is 0. The first kappa shape index (κ1) is 30.6. The zero-order chi connectivity index (χ0) is 32.5. The molecule has 47 heavy (non-hydrogen) atoms. The average Bonchev–Trinajstić information content (AvgIpc) is 3.65. The predicted octanol–water partition coefficient (Wildman–Crippen LogP) is 6.40. The fourth-order valence-electron chi connectivity index (χ4n) is 11.3. The first-order chi connectivity index (χ1) is 22.6. The molecule has 2 aromatic carbocycles. The summed E-state index contributed by atoms with van der Waals surface area (Å²) in [6, 6.07) is 10.5. The SMILES string of the molecule is CC1(OC(=O)COc2ccc(Cc3ccc(OCC(=O)OC4(C)C5CC6CC(C5)C4C6)c(C=O)c3)cc2C=O)C2CC3CC(C2)C1C3. The number of carbonyl (C=O) groups is 4. The zero-order valence-corrected chi connectivity index (χ0v) is 27.3. The van der Waals surface area contributed by atoms with Crippen molar-refractivity contribution in [1.82, 2.24) is 0 Å². The third kappa shape index (κ3) is 5.26. The maximum absolute atomic E-state index is 12.9. The predicted molar refractivity (Wildman–Crippen MR) is 171 cm³/mol. The molecule has 8 bridgehead atoms. The summed E-state index contributed by atoms with van der Waals surface area (Å²) < 4.78 is 23.7. The van der Waals surface area contributed by atoms with Crippen LogP contribution in [0.25, 0.3) is 0 Å². The van der Waals surface area contributed by atoms with Crippen molar-refractivity contribution < 1.29 is 38.1 Å². The second-order valence-electron chi connectivity index (χ2n) is 15.8. The van der Waals surface area contributed by atoms with E-state index in [9.17, 15) is 19.2 Å². The van der Waals surface area contributed by atoms with Gasteiger partial charge < -0.3 is 18.9 Å². The summed E-state index contributed by atoms with van der Waals surface area (Å²) in [5.41, 5.74) is 1.54. The maximum Gasteiger partial charge on any atom is 0.344 e. The van der Waals surface area contributed by atoms with Gasteiger partial charge in [-0.05, 0) is 143 Å². The molecule has 10 unspecified atom stereocenters. The Balaban J connectivity index is 0.858. The Bertz CT molecular complexity index is 1490. The van der Waals surface area contributed by atoms with Gasteiger partial charge in [0, 0.05) is 11.8 Å². The van der Waals surface area contributed by atoms with E-state index in [4.69, 9.17) is 18.9 Å². The van der Waals surface area contributed by atoms with Crippen LogP contribution in [0.3, 0.4) is 0 Å². The molecule has 8 fully saturated rings. The second-order valence-corrected chi connectivity index (χ2v) is 15.8. The summed E-state index contributed by atoms with van der Waals surface area (Å²) in [7, 11) is 0. The fourth-order valence-corrected chi connectivity index (χ4v) is 11.3. The van der Waals surface area contributed by atoms with Crippen molar-refractivity contribution in [2.75, 3.05) is 13.2 Å². The van der Waals surface area contributed by atoms with Gasteiger partial charge >= 0.3 is 11.9 Å². The Labute approximate surface area is 275 Å². The van der Waals surface area contributed by atoms with E-state index in [1.807, 2.05) is 12.1 Å². The minimum atomic E-state index is -0.410. The van der Waals surface area contributed by atoms with Crippen LogP contribution in [0.4, 0.5) is 0 Å². The van der Waals surface area contributed by atoms with Gasteiger partial charge in [-0.15, -0.1) is 0 Å². The summed E-state index contributed by atoms with van der Waals surface area (Å²) in [5.74, 6) is 4.59. The molecule has 0 amide bonds. The van der Waals surface area contributed by atoms with Crippen LogP contribution in [0.1, 0.15) is 97.1 Å². The van der Waals surface area contributed by atoms with Crippen molar-refractivity contribution in [2.45, 2.75) is 82.8 Å². The highest BCUT2D eigenvalue weighted by Crippen LogP contribution is 2.65. The molecular formula is C39H44O8. The van der Waals surface area contributed by atoms with Crippen LogP contribution in [0, 0.1) is 47.3 Å². The molecule has 8 aliphatic carbocycles. The molecule has 8 aliphatic rings. The molecule has 248 valence electrons. The number of benzene rings is 2. The summed E-state index contributed by atoms with van der Waals surface area (Å²) in [6.45, 7) is 3.70. The number of carbonyl (C=O) groups excluding carboxylic acids is 4. The second kappa shape index (κ2) is 11.5. The highest BCUT2D eigenvalue weighted by atomic mass is 16.6. The normalized spacial score (nSPS) is 36.8. The Morgan fingerprint density at radius 2 is 1.11 bits per heavy atom. The summed E-state index contributed by atoms with van der Waals surface area (Å²) in [6.07, 6.45) is 11.3. The van der Waals surface area contributed by atoms with Gasteiger partial charge in [-0.25, -0.2) is 9.59 Å². The van der Waals surface area contributed by atoms with Gasteiger partial charge in [-0.1, -0.05) is 12.1 Å². The highest BCUT2D eigenvalue weighted by molar-refractivity contribution is 5.81. The Hall–Kier alpha value is -3.68. The number of aldehydes is 2. The first-order valence-electron chi connectivity index (χ1n) is 17.5. The number of rotatable bonds is 12. The van der Waals surface area contributed by atoms with Crippen LogP contribution in [-0.2, 0) is 25.5 Å². The highest BCUT2D eigenvalue weighted by Gasteiger charge is 2.63. The lowest BCUT2D eigenvalue weighted by Gasteiger charge is -2.41. The topological polar surface area (TPSA) is 105 Å². The van der Waals surface area contributed by atoms with E-state index >= 15 is 0 Å². The molecule has 0 aliphatic heterocycles. The minimum absolute atomic E-state index is 0.248. The van der Waals surface area contributed by atoms with Crippen LogP contribution in [0.2, 0.25) is 0 Å². The molecule has 0 saturated heterocycles. The molecule has 8 saturated carbocycles. The van der Waals surface area contributed by atoms with Gasteiger partial charge in [0.25, 0.3) is 0 Å². The van der Waals surface area contributed by atoms with Crippen LogP contribution in [0.5, 0.6) is 11.5 Å². The monoisotopic (exact) mass is 640 g/mol. The van der Waals surface area contributed by atoms with Crippen LogP contribution < -0.4 is 9.47 Å². The zero-order valence-electron chi connectivity index (χ0n) is 27.3. The van der Waals surface area contributed by atoms with Crippen LogP contribution in [-0.4, -0.2) is 48.9 Å². The Kier molecular flexibility index (Phi) is 7.49. The standard InChI is InChI=1S/C39H44O8/c1-38(30-12-24-10-26(16-30)32(38)14-24)46-36(42)20-44-34-5-3-22(8-28(34)18-40)7-23-4-6-35(29(9-23)19-41)45-21-37(43)47-39(2)31-13-25-11-27(17-31)33(39)15-25/h3-6,8-9,18-19,24-27,30-33H,7,10-17,20-21H2,1-2H3. The van der Waals surface area contributed by atoms with Crippen molar-refractivity contribution in [2.24, 2.45) is 47.3 Å². The average molecular weight is 641 g/mol.